The van der Waals surface area contributed by atoms with Crippen molar-refractivity contribution < 1.29 is 14.6 Å². The summed E-state index contributed by atoms with van der Waals surface area (Å²) in [5.41, 5.74) is 3.79. The van der Waals surface area contributed by atoms with E-state index in [1.54, 1.807) is 11.5 Å². The third kappa shape index (κ3) is 2.85. The molecule has 3 rings (SSSR count). The minimum atomic E-state index is -0.897. The molecule has 0 bridgehead atoms. The number of hydrogen-bond donors (Lipinski definition) is 1. The number of hydrogen-bond acceptors (Lipinski definition) is 3. The molecule has 124 valence electrons. The van der Waals surface area contributed by atoms with Crippen LogP contribution in [0.5, 0.6) is 5.75 Å². The molecule has 1 atom stereocenters. The Morgan fingerprint density at radius 1 is 1.21 bits per heavy atom. The predicted octanol–water partition coefficient (Wildman–Crippen LogP) is 3.88. The summed E-state index contributed by atoms with van der Waals surface area (Å²) in [7, 11) is 0. The van der Waals surface area contributed by atoms with Crippen molar-refractivity contribution in [2.24, 2.45) is 0 Å². The fourth-order valence-electron chi connectivity index (χ4n) is 2.76. The highest BCUT2D eigenvalue weighted by Crippen LogP contribution is 2.25. The van der Waals surface area contributed by atoms with Crippen LogP contribution in [0, 0.1) is 13.8 Å². The molecule has 0 fully saturated rings. The van der Waals surface area contributed by atoms with E-state index in [9.17, 15) is 9.90 Å². The summed E-state index contributed by atoms with van der Waals surface area (Å²) in [5, 5.41) is 9.41. The van der Waals surface area contributed by atoms with Gasteiger partial charge >= 0.3 is 5.97 Å². The highest BCUT2D eigenvalue weighted by atomic mass is 16.5. The van der Waals surface area contributed by atoms with E-state index in [4.69, 9.17) is 4.74 Å². The van der Waals surface area contributed by atoms with E-state index in [1.807, 2.05) is 56.3 Å². The SMILES string of the molecule is Cc1cccc(OCc2nc3ccccc3n2C(C)C(=O)O)c1C. The summed E-state index contributed by atoms with van der Waals surface area (Å²) in [6, 6.07) is 12.7. The molecule has 0 radical (unpaired) electrons. The van der Waals surface area contributed by atoms with Crippen LogP contribution in [0.2, 0.25) is 0 Å². The first kappa shape index (κ1) is 16.1. The van der Waals surface area contributed by atoms with E-state index in [2.05, 4.69) is 4.98 Å². The number of rotatable bonds is 5. The van der Waals surface area contributed by atoms with Crippen LogP contribution < -0.4 is 4.74 Å². The van der Waals surface area contributed by atoms with Crippen molar-refractivity contribution in [3.8, 4) is 5.75 Å². The number of benzene rings is 2. The molecular weight excluding hydrogens is 304 g/mol. The summed E-state index contributed by atoms with van der Waals surface area (Å²) in [6.07, 6.45) is 0. The van der Waals surface area contributed by atoms with Crippen LogP contribution in [-0.2, 0) is 11.4 Å². The number of carbonyl (C=O) groups is 1. The molecule has 24 heavy (non-hydrogen) atoms. The predicted molar refractivity (Wildman–Crippen MR) is 92.3 cm³/mol. The van der Waals surface area contributed by atoms with Crippen molar-refractivity contribution >= 4 is 17.0 Å². The van der Waals surface area contributed by atoms with Crippen LogP contribution in [-0.4, -0.2) is 20.6 Å². The van der Waals surface area contributed by atoms with Crippen LogP contribution in [0.1, 0.15) is 29.9 Å². The van der Waals surface area contributed by atoms with Crippen LogP contribution in [0.4, 0.5) is 0 Å². The third-order valence-corrected chi connectivity index (χ3v) is 4.33. The van der Waals surface area contributed by atoms with Crippen molar-refractivity contribution in [1.82, 2.24) is 9.55 Å². The molecule has 1 N–H and O–H groups in total. The van der Waals surface area contributed by atoms with Crippen molar-refractivity contribution in [2.75, 3.05) is 0 Å². The van der Waals surface area contributed by atoms with E-state index in [0.717, 1.165) is 27.9 Å². The molecule has 0 amide bonds. The Kier molecular flexibility index (Phi) is 4.25. The van der Waals surface area contributed by atoms with Gasteiger partial charge in [0, 0.05) is 0 Å². The molecule has 0 saturated heterocycles. The number of para-hydroxylation sites is 2. The van der Waals surface area contributed by atoms with E-state index in [-0.39, 0.29) is 6.61 Å². The molecule has 5 heteroatoms. The zero-order valence-corrected chi connectivity index (χ0v) is 14.0. The molecule has 3 aromatic rings. The van der Waals surface area contributed by atoms with Gasteiger partial charge in [-0.3, -0.25) is 0 Å². The number of aliphatic carboxylic acids is 1. The van der Waals surface area contributed by atoms with E-state index in [1.165, 1.54) is 0 Å². The number of nitrogens with zero attached hydrogens (tertiary/aromatic N) is 2. The summed E-state index contributed by atoms with van der Waals surface area (Å²) < 4.78 is 7.65. The third-order valence-electron chi connectivity index (χ3n) is 4.33. The molecule has 0 aliphatic heterocycles. The maximum Gasteiger partial charge on any atom is 0.326 e. The second-order valence-electron chi connectivity index (χ2n) is 5.89. The first-order valence-electron chi connectivity index (χ1n) is 7.86. The standard InChI is InChI=1S/C19H20N2O3/c1-12-7-6-10-17(13(12)2)24-11-18-20-15-8-4-5-9-16(15)21(18)14(3)19(22)23/h4-10,14H,11H2,1-3H3,(H,22,23). The van der Waals surface area contributed by atoms with Gasteiger partial charge in [0.1, 0.15) is 24.2 Å². The first-order valence-corrected chi connectivity index (χ1v) is 7.86. The zero-order chi connectivity index (χ0) is 17.3. The van der Waals surface area contributed by atoms with Crippen molar-refractivity contribution in [3.05, 3.63) is 59.4 Å². The van der Waals surface area contributed by atoms with Crippen molar-refractivity contribution in [3.63, 3.8) is 0 Å². The molecule has 0 saturated carbocycles. The molecule has 1 heterocycles. The maximum absolute atomic E-state index is 11.5. The molecular formula is C19H20N2O3. The number of carboxylic acids is 1. The van der Waals surface area contributed by atoms with Crippen LogP contribution in [0.25, 0.3) is 11.0 Å². The minimum Gasteiger partial charge on any atom is -0.485 e. The topological polar surface area (TPSA) is 64.4 Å². The second-order valence-corrected chi connectivity index (χ2v) is 5.89. The summed E-state index contributed by atoms with van der Waals surface area (Å²) in [5.74, 6) is 0.495. The minimum absolute atomic E-state index is 0.219. The number of aryl methyl sites for hydroxylation is 1. The van der Waals surface area contributed by atoms with Gasteiger partial charge in [0.2, 0.25) is 0 Å². The molecule has 1 aromatic heterocycles. The monoisotopic (exact) mass is 324 g/mol. The molecule has 2 aromatic carbocycles. The number of ether oxygens (including phenoxy) is 1. The van der Waals surface area contributed by atoms with Crippen molar-refractivity contribution in [1.29, 1.82) is 0 Å². The number of imidazole rings is 1. The van der Waals surface area contributed by atoms with Crippen LogP contribution >= 0.6 is 0 Å². The number of aromatic nitrogens is 2. The number of carboxylic acid groups (broad SMARTS) is 1. The Morgan fingerprint density at radius 2 is 1.96 bits per heavy atom. The Hall–Kier alpha value is -2.82. The van der Waals surface area contributed by atoms with E-state index in [0.29, 0.717) is 5.82 Å². The molecule has 0 aliphatic carbocycles. The van der Waals surface area contributed by atoms with Gasteiger partial charge in [0.25, 0.3) is 0 Å². The average molecular weight is 324 g/mol. The summed E-state index contributed by atoms with van der Waals surface area (Å²) >= 11 is 0. The zero-order valence-electron chi connectivity index (χ0n) is 14.0. The smallest absolute Gasteiger partial charge is 0.326 e. The lowest BCUT2D eigenvalue weighted by molar-refractivity contribution is -0.140. The van der Waals surface area contributed by atoms with Gasteiger partial charge in [0.05, 0.1) is 11.0 Å². The first-order chi connectivity index (χ1) is 11.5. The van der Waals surface area contributed by atoms with Crippen LogP contribution in [0.3, 0.4) is 0 Å². The largest absolute Gasteiger partial charge is 0.485 e. The maximum atomic E-state index is 11.5. The van der Waals surface area contributed by atoms with E-state index >= 15 is 0 Å². The van der Waals surface area contributed by atoms with Gasteiger partial charge < -0.3 is 14.4 Å². The second kappa shape index (κ2) is 6.35. The van der Waals surface area contributed by atoms with Gasteiger partial charge in [-0.25, -0.2) is 9.78 Å². The number of fused-ring (bicyclic) bond motifs is 1. The Balaban J connectivity index is 1.98. The Morgan fingerprint density at radius 3 is 2.71 bits per heavy atom. The normalized spacial score (nSPS) is 12.3. The summed E-state index contributed by atoms with van der Waals surface area (Å²) in [4.78, 5) is 16.0. The van der Waals surface area contributed by atoms with Gasteiger partial charge in [-0.2, -0.15) is 0 Å². The van der Waals surface area contributed by atoms with Crippen LogP contribution in [0.15, 0.2) is 42.5 Å². The van der Waals surface area contributed by atoms with E-state index < -0.39 is 12.0 Å². The molecule has 1 unspecified atom stereocenters. The molecule has 0 aliphatic rings. The lowest BCUT2D eigenvalue weighted by atomic mass is 10.1. The Labute approximate surface area is 140 Å². The average Bonchev–Trinajstić information content (AvgIpc) is 2.93. The highest BCUT2D eigenvalue weighted by molar-refractivity contribution is 5.80. The van der Waals surface area contributed by atoms with Gasteiger partial charge in [-0.05, 0) is 50.1 Å². The van der Waals surface area contributed by atoms with Gasteiger partial charge in [0.15, 0.2) is 0 Å². The molecule has 0 spiro atoms. The Bertz CT molecular complexity index is 899. The fraction of sp³-hybridized carbons (Fsp3) is 0.263. The van der Waals surface area contributed by atoms with Gasteiger partial charge in [-0.15, -0.1) is 0 Å². The molecule has 5 nitrogen and oxygen atoms in total. The lowest BCUT2D eigenvalue weighted by Gasteiger charge is -2.15. The fourth-order valence-corrected chi connectivity index (χ4v) is 2.76. The highest BCUT2D eigenvalue weighted by Gasteiger charge is 2.21. The van der Waals surface area contributed by atoms with Crippen molar-refractivity contribution in [2.45, 2.75) is 33.4 Å². The lowest BCUT2D eigenvalue weighted by Crippen LogP contribution is -2.19. The quantitative estimate of drug-likeness (QED) is 0.773. The summed E-state index contributed by atoms with van der Waals surface area (Å²) in [6.45, 7) is 5.91. The van der Waals surface area contributed by atoms with Gasteiger partial charge in [-0.1, -0.05) is 24.3 Å².